The predicted molar refractivity (Wildman–Crippen MR) is 117 cm³/mol. The van der Waals surface area contributed by atoms with Crippen LogP contribution in [0.4, 0.5) is 5.69 Å². The van der Waals surface area contributed by atoms with E-state index >= 15 is 0 Å². The SMILES string of the molecule is N#CCCN(C(=O)CN1CCN(CC(=O)N2CCCCCC2)CC1)c1ccccc1. The summed E-state index contributed by atoms with van der Waals surface area (Å²) in [5, 5.41) is 8.94. The Hall–Kier alpha value is -2.43. The number of anilines is 1. The molecule has 7 heteroatoms. The fourth-order valence-corrected chi connectivity index (χ4v) is 4.16. The summed E-state index contributed by atoms with van der Waals surface area (Å²) in [5.41, 5.74) is 0.833. The van der Waals surface area contributed by atoms with Crippen molar-refractivity contribution in [2.75, 3.05) is 63.8 Å². The Bertz CT molecular complexity index is 717. The molecule has 0 N–H and O–H groups in total. The van der Waals surface area contributed by atoms with Gasteiger partial charge in [0, 0.05) is 51.5 Å². The third kappa shape index (κ3) is 6.54. The van der Waals surface area contributed by atoms with Gasteiger partial charge in [-0.05, 0) is 25.0 Å². The maximum atomic E-state index is 12.9. The topological polar surface area (TPSA) is 70.9 Å². The molecule has 2 amide bonds. The summed E-state index contributed by atoms with van der Waals surface area (Å²) in [6.45, 7) is 6.18. The fraction of sp³-hybridized carbons (Fsp3) is 0.609. The lowest BCUT2D eigenvalue weighted by Crippen LogP contribution is -2.52. The van der Waals surface area contributed by atoms with Crippen LogP contribution in [0.3, 0.4) is 0 Å². The van der Waals surface area contributed by atoms with Crippen molar-refractivity contribution in [2.45, 2.75) is 32.1 Å². The van der Waals surface area contributed by atoms with Gasteiger partial charge in [0.25, 0.3) is 0 Å². The number of piperazine rings is 1. The molecule has 0 saturated carbocycles. The molecule has 0 atom stereocenters. The molecular formula is C23H33N5O2. The number of hydrogen-bond donors (Lipinski definition) is 0. The van der Waals surface area contributed by atoms with E-state index in [0.717, 1.165) is 57.8 Å². The zero-order valence-corrected chi connectivity index (χ0v) is 17.8. The van der Waals surface area contributed by atoms with Crippen LogP contribution >= 0.6 is 0 Å². The molecule has 0 unspecified atom stereocenters. The van der Waals surface area contributed by atoms with Gasteiger partial charge in [0.2, 0.25) is 11.8 Å². The van der Waals surface area contributed by atoms with Gasteiger partial charge in [0.1, 0.15) is 0 Å². The summed E-state index contributed by atoms with van der Waals surface area (Å²) in [6, 6.07) is 11.7. The molecule has 2 aliphatic heterocycles. The maximum absolute atomic E-state index is 12.9. The molecule has 1 aromatic rings. The van der Waals surface area contributed by atoms with Gasteiger partial charge in [-0.1, -0.05) is 31.0 Å². The fourth-order valence-electron chi connectivity index (χ4n) is 4.16. The lowest BCUT2D eigenvalue weighted by Gasteiger charge is -2.36. The number of para-hydroxylation sites is 1. The van der Waals surface area contributed by atoms with Crippen molar-refractivity contribution in [1.82, 2.24) is 14.7 Å². The van der Waals surface area contributed by atoms with E-state index in [0.29, 0.717) is 26.1 Å². The molecule has 2 heterocycles. The van der Waals surface area contributed by atoms with Crippen LogP contribution < -0.4 is 4.90 Å². The minimum absolute atomic E-state index is 0.0190. The van der Waals surface area contributed by atoms with E-state index in [4.69, 9.17) is 5.26 Å². The van der Waals surface area contributed by atoms with Gasteiger partial charge >= 0.3 is 0 Å². The van der Waals surface area contributed by atoms with Crippen molar-refractivity contribution in [2.24, 2.45) is 0 Å². The molecule has 2 saturated heterocycles. The summed E-state index contributed by atoms with van der Waals surface area (Å²) in [6.07, 6.45) is 5.00. The van der Waals surface area contributed by atoms with Crippen molar-refractivity contribution < 1.29 is 9.59 Å². The summed E-state index contributed by atoms with van der Waals surface area (Å²) in [5.74, 6) is 0.263. The second-order valence-electron chi connectivity index (χ2n) is 8.14. The molecule has 0 aromatic heterocycles. The minimum atomic E-state index is 0.0190. The van der Waals surface area contributed by atoms with Crippen LogP contribution in [0.25, 0.3) is 0 Å². The highest BCUT2D eigenvalue weighted by molar-refractivity contribution is 5.94. The zero-order chi connectivity index (χ0) is 21.2. The molecule has 2 aliphatic rings. The predicted octanol–water partition coefficient (Wildman–Crippen LogP) is 1.95. The Morgan fingerprint density at radius 2 is 1.47 bits per heavy atom. The first-order valence-electron chi connectivity index (χ1n) is 11.1. The Morgan fingerprint density at radius 1 is 0.867 bits per heavy atom. The Balaban J connectivity index is 1.46. The number of hydrogen-bond acceptors (Lipinski definition) is 5. The third-order valence-electron chi connectivity index (χ3n) is 5.96. The largest absolute Gasteiger partial charge is 0.342 e. The van der Waals surface area contributed by atoms with Gasteiger partial charge in [0.05, 0.1) is 25.6 Å². The lowest BCUT2D eigenvalue weighted by molar-refractivity contribution is -0.133. The van der Waals surface area contributed by atoms with E-state index < -0.39 is 0 Å². The first kappa shape index (κ1) is 22.3. The highest BCUT2D eigenvalue weighted by Gasteiger charge is 2.25. The van der Waals surface area contributed by atoms with Crippen molar-refractivity contribution in [3.05, 3.63) is 30.3 Å². The van der Waals surface area contributed by atoms with E-state index in [-0.39, 0.29) is 11.8 Å². The highest BCUT2D eigenvalue weighted by atomic mass is 16.2. The number of benzene rings is 1. The van der Waals surface area contributed by atoms with Gasteiger partial charge in [0.15, 0.2) is 0 Å². The Labute approximate surface area is 179 Å². The molecule has 7 nitrogen and oxygen atoms in total. The van der Waals surface area contributed by atoms with Gasteiger partial charge < -0.3 is 9.80 Å². The monoisotopic (exact) mass is 411 g/mol. The highest BCUT2D eigenvalue weighted by Crippen LogP contribution is 2.15. The smallest absolute Gasteiger partial charge is 0.241 e. The van der Waals surface area contributed by atoms with E-state index in [2.05, 4.69) is 15.9 Å². The summed E-state index contributed by atoms with van der Waals surface area (Å²) < 4.78 is 0. The van der Waals surface area contributed by atoms with Crippen LogP contribution in [0, 0.1) is 11.3 Å². The zero-order valence-electron chi connectivity index (χ0n) is 17.8. The molecule has 2 fully saturated rings. The van der Waals surface area contributed by atoms with Crippen molar-refractivity contribution in [1.29, 1.82) is 5.26 Å². The van der Waals surface area contributed by atoms with Crippen LogP contribution in [0.15, 0.2) is 30.3 Å². The van der Waals surface area contributed by atoms with E-state index in [9.17, 15) is 9.59 Å². The average molecular weight is 412 g/mol. The summed E-state index contributed by atoms with van der Waals surface area (Å²) in [7, 11) is 0. The van der Waals surface area contributed by atoms with Gasteiger partial charge in [-0.15, -0.1) is 0 Å². The molecule has 1 aromatic carbocycles. The normalized spacial score (nSPS) is 18.4. The van der Waals surface area contributed by atoms with Gasteiger partial charge in [-0.2, -0.15) is 5.26 Å². The van der Waals surface area contributed by atoms with Gasteiger partial charge in [-0.3, -0.25) is 19.4 Å². The summed E-state index contributed by atoms with van der Waals surface area (Å²) in [4.78, 5) is 33.6. The molecule has 30 heavy (non-hydrogen) atoms. The molecule has 3 rings (SSSR count). The number of carbonyl (C=O) groups excluding carboxylic acids is 2. The van der Waals surface area contributed by atoms with Crippen LogP contribution in [0.1, 0.15) is 32.1 Å². The van der Waals surface area contributed by atoms with E-state index in [1.54, 1.807) is 4.90 Å². The first-order chi connectivity index (χ1) is 14.7. The number of nitrogens with zero attached hydrogens (tertiary/aromatic N) is 5. The van der Waals surface area contributed by atoms with Crippen molar-refractivity contribution >= 4 is 17.5 Å². The second kappa shape index (κ2) is 11.7. The quantitative estimate of drug-likeness (QED) is 0.686. The van der Waals surface area contributed by atoms with Crippen LogP contribution in [0.5, 0.6) is 0 Å². The molecule has 0 aliphatic carbocycles. The minimum Gasteiger partial charge on any atom is -0.342 e. The summed E-state index contributed by atoms with van der Waals surface area (Å²) >= 11 is 0. The van der Waals surface area contributed by atoms with Crippen molar-refractivity contribution in [3.8, 4) is 6.07 Å². The lowest BCUT2D eigenvalue weighted by atomic mass is 10.2. The average Bonchev–Trinajstić information content (AvgIpc) is 3.06. The second-order valence-corrected chi connectivity index (χ2v) is 8.14. The number of amides is 2. The van der Waals surface area contributed by atoms with Crippen LogP contribution in [-0.2, 0) is 9.59 Å². The Morgan fingerprint density at radius 3 is 2.07 bits per heavy atom. The van der Waals surface area contributed by atoms with Crippen molar-refractivity contribution in [3.63, 3.8) is 0 Å². The molecular weight excluding hydrogens is 378 g/mol. The standard InChI is InChI=1S/C23H33N5O2/c24-11-8-14-28(21-9-4-3-5-10-21)23(30)20-26-17-15-25(16-18-26)19-22(29)27-12-6-1-2-7-13-27/h3-5,9-10H,1-2,6-8,12-20H2. The number of rotatable bonds is 7. The molecule has 162 valence electrons. The number of carbonyl (C=O) groups is 2. The van der Waals surface area contributed by atoms with E-state index in [1.807, 2.05) is 35.2 Å². The number of likely N-dealkylation sites (tertiary alicyclic amines) is 1. The van der Waals surface area contributed by atoms with E-state index in [1.165, 1.54) is 12.8 Å². The van der Waals surface area contributed by atoms with Gasteiger partial charge in [-0.25, -0.2) is 0 Å². The van der Waals surface area contributed by atoms with Crippen LogP contribution in [-0.4, -0.2) is 85.4 Å². The van der Waals surface area contributed by atoms with Crippen LogP contribution in [0.2, 0.25) is 0 Å². The number of nitriles is 1. The molecule has 0 bridgehead atoms. The first-order valence-corrected chi connectivity index (χ1v) is 11.1. The maximum Gasteiger partial charge on any atom is 0.241 e. The Kier molecular flexibility index (Phi) is 8.66. The molecule has 0 spiro atoms. The third-order valence-corrected chi connectivity index (χ3v) is 5.96. The molecule has 0 radical (unpaired) electrons.